The zero-order valence-corrected chi connectivity index (χ0v) is 16.9. The molecule has 28 heavy (non-hydrogen) atoms. The van der Waals surface area contributed by atoms with Crippen molar-refractivity contribution in [2.45, 2.75) is 37.5 Å². The van der Waals surface area contributed by atoms with E-state index in [-0.39, 0.29) is 22.6 Å². The molecular formula is C21H23NO5S. The van der Waals surface area contributed by atoms with E-state index in [1.54, 1.807) is 48.5 Å². The summed E-state index contributed by atoms with van der Waals surface area (Å²) in [6.07, 6.45) is 0. The molecule has 0 aliphatic heterocycles. The molecule has 0 saturated heterocycles. The standard InChI is InChI=1S/C21H23NO5S/c1-4-26-18-7-5-16(6-8-18)13-28(24,25)19-9-10-20-17(11-19)12-21(27-20)14(2)22-15(3)23/h5-12,14H,4,13H2,1-3H3,(H,22,23). The summed E-state index contributed by atoms with van der Waals surface area (Å²) in [6, 6.07) is 13.3. The molecular weight excluding hydrogens is 378 g/mol. The van der Waals surface area contributed by atoms with E-state index in [1.165, 1.54) is 6.92 Å². The molecule has 0 fully saturated rings. The molecule has 1 N–H and O–H groups in total. The first-order chi connectivity index (χ1) is 13.3. The van der Waals surface area contributed by atoms with Crippen LogP contribution in [0.4, 0.5) is 0 Å². The maximum absolute atomic E-state index is 12.8. The van der Waals surface area contributed by atoms with Gasteiger partial charge in [-0.05, 0) is 55.8 Å². The average molecular weight is 401 g/mol. The van der Waals surface area contributed by atoms with Gasteiger partial charge in [-0.15, -0.1) is 0 Å². The van der Waals surface area contributed by atoms with E-state index in [1.807, 2.05) is 13.8 Å². The molecule has 2 aromatic carbocycles. The molecule has 6 nitrogen and oxygen atoms in total. The monoisotopic (exact) mass is 401 g/mol. The summed E-state index contributed by atoms with van der Waals surface area (Å²) in [4.78, 5) is 11.4. The Morgan fingerprint density at radius 3 is 2.50 bits per heavy atom. The molecule has 1 unspecified atom stereocenters. The van der Waals surface area contributed by atoms with Gasteiger partial charge in [-0.2, -0.15) is 0 Å². The number of hydrogen-bond donors (Lipinski definition) is 1. The van der Waals surface area contributed by atoms with E-state index in [9.17, 15) is 13.2 Å². The number of furan rings is 1. The Balaban J connectivity index is 1.84. The van der Waals surface area contributed by atoms with E-state index in [2.05, 4.69) is 5.32 Å². The van der Waals surface area contributed by atoms with Gasteiger partial charge in [0.25, 0.3) is 0 Å². The predicted molar refractivity (Wildman–Crippen MR) is 107 cm³/mol. The molecule has 0 aliphatic carbocycles. The van der Waals surface area contributed by atoms with Crippen molar-refractivity contribution < 1.29 is 22.4 Å². The number of hydrogen-bond acceptors (Lipinski definition) is 5. The normalized spacial score (nSPS) is 12.7. The second kappa shape index (κ2) is 8.06. The summed E-state index contributed by atoms with van der Waals surface area (Å²) in [7, 11) is -3.51. The van der Waals surface area contributed by atoms with Crippen molar-refractivity contribution in [3.8, 4) is 5.75 Å². The fourth-order valence-electron chi connectivity index (χ4n) is 2.98. The van der Waals surface area contributed by atoms with Crippen LogP contribution in [0.25, 0.3) is 11.0 Å². The minimum atomic E-state index is -3.51. The number of nitrogens with one attached hydrogen (secondary N) is 1. The van der Waals surface area contributed by atoms with Crippen LogP contribution in [0.2, 0.25) is 0 Å². The first kappa shape index (κ1) is 19.9. The topological polar surface area (TPSA) is 85.6 Å². The van der Waals surface area contributed by atoms with Crippen LogP contribution in [0, 0.1) is 0 Å². The second-order valence-electron chi connectivity index (χ2n) is 6.61. The predicted octanol–water partition coefficient (Wildman–Crippen LogP) is 4.00. The molecule has 1 amide bonds. The van der Waals surface area contributed by atoms with Crippen molar-refractivity contribution in [2.24, 2.45) is 0 Å². The Hall–Kier alpha value is -2.80. The maximum Gasteiger partial charge on any atom is 0.217 e. The van der Waals surface area contributed by atoms with Gasteiger partial charge in [-0.1, -0.05) is 12.1 Å². The molecule has 0 aliphatic rings. The van der Waals surface area contributed by atoms with Crippen LogP contribution < -0.4 is 10.1 Å². The molecule has 1 heterocycles. The van der Waals surface area contributed by atoms with Gasteiger partial charge in [0.1, 0.15) is 17.1 Å². The zero-order chi connectivity index (χ0) is 20.3. The lowest BCUT2D eigenvalue weighted by atomic mass is 10.2. The summed E-state index contributed by atoms with van der Waals surface area (Å²) < 4.78 is 36.8. The highest BCUT2D eigenvalue weighted by molar-refractivity contribution is 7.90. The van der Waals surface area contributed by atoms with Crippen molar-refractivity contribution in [1.82, 2.24) is 5.32 Å². The Labute approximate surface area is 164 Å². The third-order valence-electron chi connectivity index (χ3n) is 4.30. The number of amides is 1. The van der Waals surface area contributed by atoms with Crippen LogP contribution in [-0.2, 0) is 20.4 Å². The van der Waals surface area contributed by atoms with Crippen LogP contribution in [0.1, 0.15) is 38.1 Å². The maximum atomic E-state index is 12.8. The smallest absolute Gasteiger partial charge is 0.217 e. The van der Waals surface area contributed by atoms with Crippen molar-refractivity contribution in [3.63, 3.8) is 0 Å². The zero-order valence-electron chi connectivity index (χ0n) is 16.1. The van der Waals surface area contributed by atoms with Crippen molar-refractivity contribution in [2.75, 3.05) is 6.61 Å². The van der Waals surface area contributed by atoms with Crippen molar-refractivity contribution in [1.29, 1.82) is 0 Å². The van der Waals surface area contributed by atoms with Crippen LogP contribution in [-0.4, -0.2) is 20.9 Å². The van der Waals surface area contributed by atoms with Crippen LogP contribution in [0.3, 0.4) is 0 Å². The van der Waals surface area contributed by atoms with E-state index in [4.69, 9.17) is 9.15 Å². The van der Waals surface area contributed by atoms with Gasteiger partial charge in [0.15, 0.2) is 9.84 Å². The Kier molecular flexibility index (Phi) is 5.74. The molecule has 0 saturated carbocycles. The van der Waals surface area contributed by atoms with Gasteiger partial charge >= 0.3 is 0 Å². The van der Waals surface area contributed by atoms with Crippen molar-refractivity contribution >= 4 is 26.7 Å². The highest BCUT2D eigenvalue weighted by Gasteiger charge is 2.18. The minimum Gasteiger partial charge on any atom is -0.494 e. The summed E-state index contributed by atoms with van der Waals surface area (Å²) in [6.45, 7) is 5.70. The van der Waals surface area contributed by atoms with Gasteiger partial charge in [0, 0.05) is 12.3 Å². The highest BCUT2D eigenvalue weighted by Crippen LogP contribution is 2.28. The number of rotatable bonds is 7. The Morgan fingerprint density at radius 1 is 1.14 bits per heavy atom. The molecule has 3 rings (SSSR count). The summed E-state index contributed by atoms with van der Waals surface area (Å²) >= 11 is 0. The summed E-state index contributed by atoms with van der Waals surface area (Å²) in [5, 5.41) is 3.43. The third-order valence-corrected chi connectivity index (χ3v) is 5.99. The fourth-order valence-corrected chi connectivity index (χ4v) is 4.36. The van der Waals surface area contributed by atoms with E-state index < -0.39 is 9.84 Å². The SMILES string of the molecule is CCOc1ccc(CS(=O)(=O)c2ccc3oc(C(C)NC(C)=O)cc3c2)cc1. The van der Waals surface area contributed by atoms with Crippen LogP contribution >= 0.6 is 0 Å². The molecule has 0 bridgehead atoms. The number of sulfone groups is 1. The molecule has 148 valence electrons. The number of carbonyl (C=O) groups excluding carboxylic acids is 1. The number of ether oxygens (including phenoxy) is 1. The third kappa shape index (κ3) is 4.54. The van der Waals surface area contributed by atoms with E-state index >= 15 is 0 Å². The molecule has 1 atom stereocenters. The lowest BCUT2D eigenvalue weighted by Crippen LogP contribution is -2.23. The molecule has 3 aromatic rings. The van der Waals surface area contributed by atoms with Crippen LogP contribution in [0.5, 0.6) is 5.75 Å². The van der Waals surface area contributed by atoms with Gasteiger partial charge in [0.2, 0.25) is 5.91 Å². The van der Waals surface area contributed by atoms with E-state index in [0.29, 0.717) is 34.6 Å². The number of carbonyl (C=O) groups is 1. The molecule has 7 heteroatoms. The first-order valence-electron chi connectivity index (χ1n) is 9.03. The number of fused-ring (bicyclic) bond motifs is 1. The fraction of sp³-hybridized carbons (Fsp3) is 0.286. The second-order valence-corrected chi connectivity index (χ2v) is 8.60. The highest BCUT2D eigenvalue weighted by atomic mass is 32.2. The minimum absolute atomic E-state index is 0.0993. The van der Waals surface area contributed by atoms with E-state index in [0.717, 1.165) is 0 Å². The van der Waals surface area contributed by atoms with Gasteiger partial charge in [-0.3, -0.25) is 4.79 Å². The molecule has 0 spiro atoms. The summed E-state index contributed by atoms with van der Waals surface area (Å²) in [5.41, 5.74) is 1.27. The van der Waals surface area contributed by atoms with Gasteiger partial charge in [0.05, 0.1) is 23.3 Å². The van der Waals surface area contributed by atoms with Gasteiger partial charge < -0.3 is 14.5 Å². The lowest BCUT2D eigenvalue weighted by molar-refractivity contribution is -0.119. The first-order valence-corrected chi connectivity index (χ1v) is 10.7. The van der Waals surface area contributed by atoms with Crippen LogP contribution in [0.15, 0.2) is 57.8 Å². The quantitative estimate of drug-likeness (QED) is 0.647. The van der Waals surface area contributed by atoms with Crippen molar-refractivity contribution in [3.05, 3.63) is 59.9 Å². The summed E-state index contributed by atoms with van der Waals surface area (Å²) in [5.74, 6) is 1.03. The number of benzene rings is 2. The Morgan fingerprint density at radius 2 is 1.86 bits per heavy atom. The molecule has 1 aromatic heterocycles. The Bertz CT molecular complexity index is 1080. The largest absolute Gasteiger partial charge is 0.494 e. The molecule has 0 radical (unpaired) electrons. The van der Waals surface area contributed by atoms with Gasteiger partial charge in [-0.25, -0.2) is 8.42 Å². The lowest BCUT2D eigenvalue weighted by Gasteiger charge is -2.08. The average Bonchev–Trinajstić information content (AvgIpc) is 3.06.